The normalized spacial score (nSPS) is 16.9. The van der Waals surface area contributed by atoms with Gasteiger partial charge < -0.3 is 4.74 Å². The van der Waals surface area contributed by atoms with Gasteiger partial charge in [-0.1, -0.05) is 13.3 Å². The molecule has 0 saturated carbocycles. The molecule has 92 valence electrons. The van der Waals surface area contributed by atoms with Crippen LogP contribution in [-0.4, -0.2) is 25.8 Å². The molecule has 4 heteroatoms. The summed E-state index contributed by atoms with van der Waals surface area (Å²) in [4.78, 5) is 0. The zero-order valence-corrected chi connectivity index (χ0v) is 10.9. The smallest absolute Gasteiger partial charge is 0.0886 e. The van der Waals surface area contributed by atoms with Crippen LogP contribution in [0.5, 0.6) is 0 Å². The molecule has 0 heterocycles. The number of unbranched alkanes of at least 4 members (excludes halogenated alkanes) is 1. The molecule has 0 aromatic heterocycles. The summed E-state index contributed by atoms with van der Waals surface area (Å²) < 4.78 is 5.41. The average Bonchev–Trinajstić information content (AvgIpc) is 2.28. The van der Waals surface area contributed by atoms with Crippen LogP contribution in [-0.2, 0) is 4.74 Å². The maximum Gasteiger partial charge on any atom is 0.0886 e. The van der Waals surface area contributed by atoms with Crippen molar-refractivity contribution in [3.8, 4) is 6.07 Å². The lowest BCUT2D eigenvalue weighted by molar-refractivity contribution is -0.000551. The SMILES string of the molecule is CCCCN=NCC(C)(CC(C)C#N)OC. The van der Waals surface area contributed by atoms with Crippen molar-refractivity contribution in [1.82, 2.24) is 0 Å². The molecule has 4 nitrogen and oxygen atoms in total. The fraction of sp³-hybridized carbons (Fsp3) is 0.917. The van der Waals surface area contributed by atoms with Crippen molar-refractivity contribution >= 4 is 0 Å². The van der Waals surface area contributed by atoms with Crippen LogP contribution in [0, 0.1) is 17.2 Å². The maximum absolute atomic E-state index is 8.78. The van der Waals surface area contributed by atoms with E-state index < -0.39 is 0 Å². The van der Waals surface area contributed by atoms with Crippen LogP contribution in [0.3, 0.4) is 0 Å². The number of nitriles is 1. The van der Waals surface area contributed by atoms with Gasteiger partial charge in [-0.25, -0.2) is 0 Å². The standard InChI is InChI=1S/C12H23N3O/c1-5-6-7-14-15-10-12(3,16-4)8-11(2)9-13/h11H,5-8,10H2,1-4H3. The lowest BCUT2D eigenvalue weighted by atomic mass is 9.94. The number of rotatable bonds is 8. The summed E-state index contributed by atoms with van der Waals surface area (Å²) in [5.74, 6) is -0.0178. The first kappa shape index (κ1) is 15.0. The van der Waals surface area contributed by atoms with Crippen molar-refractivity contribution in [2.24, 2.45) is 16.1 Å². The molecule has 2 atom stereocenters. The van der Waals surface area contributed by atoms with E-state index in [2.05, 4.69) is 23.2 Å². The fourth-order valence-electron chi connectivity index (χ4n) is 1.40. The van der Waals surface area contributed by atoms with Gasteiger partial charge in [0.25, 0.3) is 0 Å². The topological polar surface area (TPSA) is 57.7 Å². The molecule has 0 aliphatic rings. The minimum absolute atomic E-state index is 0.0178. The van der Waals surface area contributed by atoms with Crippen molar-refractivity contribution in [1.29, 1.82) is 5.26 Å². The van der Waals surface area contributed by atoms with Gasteiger partial charge in [0, 0.05) is 13.0 Å². The first-order valence-electron chi connectivity index (χ1n) is 5.86. The Morgan fingerprint density at radius 2 is 2.12 bits per heavy atom. The number of methoxy groups -OCH3 is 1. The van der Waals surface area contributed by atoms with E-state index in [1.807, 2.05) is 13.8 Å². The van der Waals surface area contributed by atoms with Gasteiger partial charge in [-0.05, 0) is 26.7 Å². The van der Waals surface area contributed by atoms with Gasteiger partial charge in [0.2, 0.25) is 0 Å². The molecule has 16 heavy (non-hydrogen) atoms. The van der Waals surface area contributed by atoms with E-state index in [1.165, 1.54) is 0 Å². The predicted octanol–water partition coefficient (Wildman–Crippen LogP) is 3.19. The van der Waals surface area contributed by atoms with Gasteiger partial charge in [0.15, 0.2) is 0 Å². The Morgan fingerprint density at radius 3 is 2.62 bits per heavy atom. The largest absolute Gasteiger partial charge is 0.376 e. The second kappa shape index (κ2) is 8.23. The Bertz CT molecular complexity index is 247. The lowest BCUT2D eigenvalue weighted by Crippen LogP contribution is -2.32. The van der Waals surface area contributed by atoms with Crippen LogP contribution in [0.25, 0.3) is 0 Å². The zero-order chi connectivity index (χ0) is 12.4. The molecule has 0 N–H and O–H groups in total. The number of hydrogen-bond acceptors (Lipinski definition) is 4. The molecule has 0 bridgehead atoms. The maximum atomic E-state index is 8.78. The summed E-state index contributed by atoms with van der Waals surface area (Å²) in [6.07, 6.45) is 2.89. The van der Waals surface area contributed by atoms with E-state index in [1.54, 1.807) is 7.11 Å². The van der Waals surface area contributed by atoms with Gasteiger partial charge in [-0.15, -0.1) is 0 Å². The summed E-state index contributed by atoms with van der Waals surface area (Å²) in [6, 6.07) is 2.21. The van der Waals surface area contributed by atoms with E-state index in [4.69, 9.17) is 10.00 Å². The summed E-state index contributed by atoms with van der Waals surface area (Å²) in [5, 5.41) is 17.0. The van der Waals surface area contributed by atoms with Crippen LogP contribution in [0.15, 0.2) is 10.2 Å². The highest BCUT2D eigenvalue weighted by molar-refractivity contribution is 4.88. The Morgan fingerprint density at radius 1 is 1.44 bits per heavy atom. The second-order valence-corrected chi connectivity index (χ2v) is 4.41. The number of hydrogen-bond donors (Lipinski definition) is 0. The van der Waals surface area contributed by atoms with E-state index in [9.17, 15) is 0 Å². The molecule has 0 aromatic rings. The van der Waals surface area contributed by atoms with Gasteiger partial charge in [0.1, 0.15) is 0 Å². The van der Waals surface area contributed by atoms with Crippen LogP contribution >= 0.6 is 0 Å². The second-order valence-electron chi connectivity index (χ2n) is 4.41. The van der Waals surface area contributed by atoms with Crippen LogP contribution in [0.2, 0.25) is 0 Å². The number of nitrogens with zero attached hydrogens (tertiary/aromatic N) is 3. The van der Waals surface area contributed by atoms with E-state index in [0.717, 1.165) is 19.4 Å². The monoisotopic (exact) mass is 225 g/mol. The predicted molar refractivity (Wildman–Crippen MR) is 64.3 cm³/mol. The molecule has 0 radical (unpaired) electrons. The molecule has 0 saturated heterocycles. The molecule has 0 aliphatic heterocycles. The molecule has 0 spiro atoms. The molecule has 0 fully saturated rings. The third-order valence-corrected chi connectivity index (χ3v) is 2.57. The van der Waals surface area contributed by atoms with Gasteiger partial charge >= 0.3 is 0 Å². The summed E-state index contributed by atoms with van der Waals surface area (Å²) in [5.41, 5.74) is -0.370. The Hall–Kier alpha value is -0.950. The lowest BCUT2D eigenvalue weighted by Gasteiger charge is -2.26. The van der Waals surface area contributed by atoms with Crippen LogP contribution in [0.1, 0.15) is 40.0 Å². The van der Waals surface area contributed by atoms with Crippen molar-refractivity contribution in [3.63, 3.8) is 0 Å². The Kier molecular flexibility index (Phi) is 7.74. The average molecular weight is 225 g/mol. The summed E-state index contributed by atoms with van der Waals surface area (Å²) >= 11 is 0. The third kappa shape index (κ3) is 6.52. The van der Waals surface area contributed by atoms with Crippen LogP contribution in [0.4, 0.5) is 0 Å². The minimum atomic E-state index is -0.370. The highest BCUT2D eigenvalue weighted by Gasteiger charge is 2.26. The molecule has 0 aliphatic carbocycles. The first-order chi connectivity index (χ1) is 7.58. The fourth-order valence-corrected chi connectivity index (χ4v) is 1.40. The third-order valence-electron chi connectivity index (χ3n) is 2.57. The van der Waals surface area contributed by atoms with E-state index in [-0.39, 0.29) is 11.5 Å². The molecule has 0 rings (SSSR count). The van der Waals surface area contributed by atoms with E-state index >= 15 is 0 Å². The molecular weight excluding hydrogens is 202 g/mol. The van der Waals surface area contributed by atoms with Crippen molar-refractivity contribution in [2.45, 2.75) is 45.6 Å². The quantitative estimate of drug-likeness (QED) is 0.470. The van der Waals surface area contributed by atoms with Crippen molar-refractivity contribution in [3.05, 3.63) is 0 Å². The molecule has 0 aromatic carbocycles. The summed E-state index contributed by atoms with van der Waals surface area (Å²) in [6.45, 7) is 7.30. The first-order valence-corrected chi connectivity index (χ1v) is 5.86. The molecule has 0 amide bonds. The van der Waals surface area contributed by atoms with Crippen molar-refractivity contribution in [2.75, 3.05) is 20.2 Å². The Labute approximate surface area is 98.7 Å². The minimum Gasteiger partial charge on any atom is -0.376 e. The van der Waals surface area contributed by atoms with E-state index in [0.29, 0.717) is 13.0 Å². The van der Waals surface area contributed by atoms with Gasteiger partial charge in [-0.2, -0.15) is 15.5 Å². The number of azo groups is 1. The summed E-state index contributed by atoms with van der Waals surface area (Å²) in [7, 11) is 1.66. The number of ether oxygens (including phenoxy) is 1. The van der Waals surface area contributed by atoms with Crippen LogP contribution < -0.4 is 0 Å². The van der Waals surface area contributed by atoms with Gasteiger partial charge in [0.05, 0.1) is 24.8 Å². The highest BCUT2D eigenvalue weighted by Crippen LogP contribution is 2.20. The molecular formula is C12H23N3O. The highest BCUT2D eigenvalue weighted by atomic mass is 16.5. The Balaban J connectivity index is 4.06. The van der Waals surface area contributed by atoms with Crippen molar-refractivity contribution < 1.29 is 4.74 Å². The molecule has 2 unspecified atom stereocenters. The van der Waals surface area contributed by atoms with Gasteiger partial charge in [-0.3, -0.25) is 0 Å². The zero-order valence-electron chi connectivity index (χ0n) is 10.9.